The van der Waals surface area contributed by atoms with Gasteiger partial charge in [0, 0.05) is 13.1 Å². The molecule has 1 heterocycles. The van der Waals surface area contributed by atoms with Gasteiger partial charge in [0.05, 0.1) is 25.4 Å². The lowest BCUT2D eigenvalue weighted by Gasteiger charge is -2.26. The second-order valence-electron chi connectivity index (χ2n) is 6.04. The molecule has 5 heteroatoms. The van der Waals surface area contributed by atoms with Gasteiger partial charge < -0.3 is 14.6 Å². The van der Waals surface area contributed by atoms with Crippen LogP contribution in [-0.4, -0.2) is 55.4 Å². The number of unbranched alkanes of at least 4 members (excludes halogenated alkanes) is 1. The Morgan fingerprint density at radius 3 is 2.50 bits per heavy atom. The summed E-state index contributed by atoms with van der Waals surface area (Å²) in [5, 5.41) is 10.9. The number of fused-ring (bicyclic) bond motifs is 1. The second kappa shape index (κ2) is 10.8. The van der Waals surface area contributed by atoms with Gasteiger partial charge in [-0.05, 0) is 54.4 Å². The van der Waals surface area contributed by atoms with E-state index in [1.54, 1.807) is 12.1 Å². The van der Waals surface area contributed by atoms with Crippen LogP contribution in [0.1, 0.15) is 37.0 Å². The van der Waals surface area contributed by atoms with Crippen molar-refractivity contribution in [1.29, 1.82) is 0 Å². The van der Waals surface area contributed by atoms with E-state index in [-0.39, 0.29) is 0 Å². The van der Waals surface area contributed by atoms with Gasteiger partial charge in [0.15, 0.2) is 0 Å². The van der Waals surface area contributed by atoms with Crippen LogP contribution in [0.2, 0.25) is 0 Å². The number of carboxylic acids is 1. The van der Waals surface area contributed by atoms with Crippen molar-refractivity contribution in [3.63, 3.8) is 0 Å². The van der Waals surface area contributed by atoms with Gasteiger partial charge in [-0.1, -0.05) is 26.0 Å². The van der Waals surface area contributed by atoms with Gasteiger partial charge in [-0.25, -0.2) is 4.79 Å². The van der Waals surface area contributed by atoms with E-state index in [1.807, 2.05) is 38.1 Å². The van der Waals surface area contributed by atoms with Crippen LogP contribution in [-0.2, 0) is 4.74 Å². The molecule has 0 amide bonds. The number of aromatic carboxylic acids is 1. The van der Waals surface area contributed by atoms with Crippen LogP contribution in [0.15, 0.2) is 36.4 Å². The molecule has 0 saturated carbocycles. The summed E-state index contributed by atoms with van der Waals surface area (Å²) < 4.78 is 11.2. The van der Waals surface area contributed by atoms with E-state index in [0.29, 0.717) is 12.2 Å². The van der Waals surface area contributed by atoms with Crippen LogP contribution in [0.4, 0.5) is 0 Å². The molecule has 1 N–H and O–H groups in total. The topological polar surface area (TPSA) is 59.0 Å². The maximum Gasteiger partial charge on any atom is 0.335 e. The molecule has 142 valence electrons. The van der Waals surface area contributed by atoms with E-state index in [9.17, 15) is 4.79 Å². The normalized spacial score (nSPS) is 14.5. The highest BCUT2D eigenvalue weighted by Crippen LogP contribution is 2.22. The molecule has 26 heavy (non-hydrogen) atoms. The predicted octanol–water partition coefficient (Wildman–Crippen LogP) is 4.06. The summed E-state index contributed by atoms with van der Waals surface area (Å²) in [4.78, 5) is 13.4. The molecule has 0 aromatic heterocycles. The molecule has 0 unspecified atom stereocenters. The highest BCUT2D eigenvalue weighted by Gasteiger charge is 2.09. The second-order valence-corrected chi connectivity index (χ2v) is 6.04. The zero-order valence-corrected chi connectivity index (χ0v) is 15.7. The third-order valence-electron chi connectivity index (χ3n) is 4.30. The van der Waals surface area contributed by atoms with Crippen molar-refractivity contribution >= 4 is 16.7 Å². The first-order valence-electron chi connectivity index (χ1n) is 9.42. The predicted molar refractivity (Wildman–Crippen MR) is 104 cm³/mol. The summed E-state index contributed by atoms with van der Waals surface area (Å²) in [6.07, 6.45) is 2.14. The zero-order valence-electron chi connectivity index (χ0n) is 15.7. The summed E-state index contributed by atoms with van der Waals surface area (Å²) in [6, 6.07) is 10.9. The van der Waals surface area contributed by atoms with E-state index in [2.05, 4.69) is 4.90 Å². The van der Waals surface area contributed by atoms with Crippen LogP contribution in [0.5, 0.6) is 5.75 Å². The van der Waals surface area contributed by atoms with Gasteiger partial charge in [0.25, 0.3) is 0 Å². The number of carboxylic acid groups (broad SMARTS) is 1. The molecule has 5 nitrogen and oxygen atoms in total. The summed E-state index contributed by atoms with van der Waals surface area (Å²) in [7, 11) is 0. The summed E-state index contributed by atoms with van der Waals surface area (Å²) >= 11 is 0. The van der Waals surface area contributed by atoms with E-state index in [1.165, 1.54) is 0 Å². The fourth-order valence-electron chi connectivity index (χ4n) is 2.90. The van der Waals surface area contributed by atoms with Crippen molar-refractivity contribution in [3.05, 3.63) is 42.0 Å². The van der Waals surface area contributed by atoms with Gasteiger partial charge in [-0.2, -0.15) is 0 Å². The Hall–Kier alpha value is -2.11. The molecule has 0 aliphatic carbocycles. The molecule has 0 atom stereocenters. The maximum absolute atomic E-state index is 11.0. The third-order valence-corrected chi connectivity index (χ3v) is 4.30. The van der Waals surface area contributed by atoms with Crippen LogP contribution < -0.4 is 4.74 Å². The number of morpholine rings is 1. The van der Waals surface area contributed by atoms with E-state index >= 15 is 0 Å². The fraction of sp³-hybridized carbons (Fsp3) is 0.476. The summed E-state index contributed by atoms with van der Waals surface area (Å²) in [6.45, 7) is 9.55. The van der Waals surface area contributed by atoms with Crippen molar-refractivity contribution < 1.29 is 19.4 Å². The number of ether oxygens (including phenoxy) is 2. The molecular formula is C21H29NO4. The van der Waals surface area contributed by atoms with Crippen molar-refractivity contribution in [2.45, 2.75) is 26.7 Å². The van der Waals surface area contributed by atoms with E-state index in [4.69, 9.17) is 14.6 Å². The van der Waals surface area contributed by atoms with Gasteiger partial charge in [-0.15, -0.1) is 0 Å². The van der Waals surface area contributed by atoms with Crippen molar-refractivity contribution in [2.75, 3.05) is 39.5 Å². The largest absolute Gasteiger partial charge is 0.494 e. The van der Waals surface area contributed by atoms with Crippen LogP contribution in [0.3, 0.4) is 0 Å². The molecule has 0 bridgehead atoms. The number of carbonyl (C=O) groups is 1. The first-order valence-corrected chi connectivity index (χ1v) is 9.42. The molecule has 3 rings (SSSR count). The van der Waals surface area contributed by atoms with E-state index in [0.717, 1.165) is 62.2 Å². The average molecular weight is 359 g/mol. The lowest BCUT2D eigenvalue weighted by Crippen LogP contribution is -2.36. The van der Waals surface area contributed by atoms with Gasteiger partial charge >= 0.3 is 5.97 Å². The van der Waals surface area contributed by atoms with Crippen LogP contribution in [0.25, 0.3) is 10.8 Å². The molecule has 1 aliphatic heterocycles. The summed E-state index contributed by atoms with van der Waals surface area (Å²) in [5.74, 6) is -0.0746. The minimum atomic E-state index is -0.905. The maximum atomic E-state index is 11.0. The molecule has 2 aromatic carbocycles. The number of rotatable bonds is 7. The molecule has 1 fully saturated rings. The van der Waals surface area contributed by atoms with Crippen molar-refractivity contribution in [3.8, 4) is 5.75 Å². The standard InChI is InChI=1S/C19H23NO4.C2H6/c21-19(22)17-4-3-16-14-18(6-5-15(16)13-17)24-10-2-1-7-20-8-11-23-12-9-20;1-2/h3-6,13-14H,1-2,7-12H2,(H,21,22);1-2H3. The first kappa shape index (κ1) is 20.2. The minimum Gasteiger partial charge on any atom is -0.494 e. The Kier molecular flexibility index (Phi) is 8.38. The highest BCUT2D eigenvalue weighted by atomic mass is 16.5. The monoisotopic (exact) mass is 359 g/mol. The number of hydrogen-bond donors (Lipinski definition) is 1. The number of nitrogens with zero attached hydrogens (tertiary/aromatic N) is 1. The van der Waals surface area contributed by atoms with Crippen molar-refractivity contribution in [1.82, 2.24) is 4.90 Å². The Bertz CT molecular complexity index is 695. The molecule has 0 spiro atoms. The minimum absolute atomic E-state index is 0.305. The molecule has 2 aromatic rings. The quantitative estimate of drug-likeness (QED) is 0.756. The molecular weight excluding hydrogens is 330 g/mol. The SMILES string of the molecule is CC.O=C(O)c1ccc2cc(OCCCCN3CCOCC3)ccc2c1. The Labute approximate surface area is 155 Å². The van der Waals surface area contributed by atoms with E-state index < -0.39 is 5.97 Å². The van der Waals surface area contributed by atoms with Gasteiger partial charge in [-0.3, -0.25) is 4.90 Å². The summed E-state index contributed by atoms with van der Waals surface area (Å²) in [5.41, 5.74) is 0.305. The fourth-order valence-corrected chi connectivity index (χ4v) is 2.90. The molecule has 1 aliphatic rings. The Morgan fingerprint density at radius 2 is 1.77 bits per heavy atom. The first-order chi connectivity index (χ1) is 12.7. The lowest BCUT2D eigenvalue weighted by atomic mass is 10.1. The molecule has 0 radical (unpaired) electrons. The van der Waals surface area contributed by atoms with Crippen molar-refractivity contribution in [2.24, 2.45) is 0 Å². The smallest absolute Gasteiger partial charge is 0.335 e. The van der Waals surface area contributed by atoms with Gasteiger partial charge in [0.2, 0.25) is 0 Å². The lowest BCUT2D eigenvalue weighted by molar-refractivity contribution is 0.0368. The Morgan fingerprint density at radius 1 is 1.08 bits per heavy atom. The number of benzene rings is 2. The molecule has 1 saturated heterocycles. The van der Waals surface area contributed by atoms with Gasteiger partial charge in [0.1, 0.15) is 5.75 Å². The highest BCUT2D eigenvalue weighted by molar-refractivity contribution is 5.94. The average Bonchev–Trinajstić information content (AvgIpc) is 2.69. The van der Waals surface area contributed by atoms with Crippen LogP contribution in [0, 0.1) is 0 Å². The Balaban J connectivity index is 0.00000117. The third kappa shape index (κ3) is 6.00. The zero-order chi connectivity index (χ0) is 18.8. The number of hydrogen-bond acceptors (Lipinski definition) is 4. The van der Waals surface area contributed by atoms with Crippen LogP contribution >= 0.6 is 0 Å².